The molecule has 54 heavy (non-hydrogen) atoms. The van der Waals surface area contributed by atoms with Crippen LogP contribution in [0.5, 0.6) is 0 Å². The number of fused-ring (bicyclic) bond motifs is 3. The van der Waals surface area contributed by atoms with Gasteiger partial charge in [-0.05, 0) is 113 Å². The number of allylic oxidation sites excluding steroid dienone is 8. The van der Waals surface area contributed by atoms with E-state index in [1.165, 1.54) is 88.0 Å². The van der Waals surface area contributed by atoms with E-state index in [1.54, 1.807) is 0 Å². The summed E-state index contributed by atoms with van der Waals surface area (Å²) in [6, 6.07) is 67.0. The Morgan fingerprint density at radius 2 is 0.907 bits per heavy atom. The van der Waals surface area contributed by atoms with Crippen molar-refractivity contribution in [1.29, 1.82) is 0 Å². The molecule has 0 nitrogen and oxygen atoms in total. The fourth-order valence-electron chi connectivity index (χ4n) is 8.98. The van der Waals surface area contributed by atoms with Crippen molar-refractivity contribution < 1.29 is 0 Å². The second kappa shape index (κ2) is 13.8. The molecule has 2 aliphatic carbocycles. The highest BCUT2D eigenvalue weighted by Gasteiger charge is 2.27. The summed E-state index contributed by atoms with van der Waals surface area (Å²) >= 11 is 0. The van der Waals surface area contributed by atoms with Gasteiger partial charge in [0.25, 0.3) is 0 Å². The van der Waals surface area contributed by atoms with Crippen molar-refractivity contribution in [2.24, 2.45) is 0 Å². The third-order valence-electron chi connectivity index (χ3n) is 11.6. The first-order valence-electron chi connectivity index (χ1n) is 19.2. The fraction of sp³-hybridized carbons (Fsp3) is 0.0741. The minimum absolute atomic E-state index is 0.311. The molecule has 8 aromatic rings. The molecule has 2 aliphatic rings. The number of rotatable bonds is 6. The molecule has 0 bridgehead atoms. The summed E-state index contributed by atoms with van der Waals surface area (Å²) in [5.74, 6) is 0.623. The van der Waals surface area contributed by atoms with Crippen LogP contribution in [0.15, 0.2) is 206 Å². The predicted molar refractivity (Wildman–Crippen MR) is 231 cm³/mol. The monoisotopic (exact) mass is 688 g/mol. The molecule has 0 saturated heterocycles. The van der Waals surface area contributed by atoms with Crippen LogP contribution in [-0.4, -0.2) is 0 Å². The van der Waals surface area contributed by atoms with Crippen LogP contribution >= 0.6 is 0 Å². The Morgan fingerprint density at radius 3 is 1.54 bits per heavy atom. The van der Waals surface area contributed by atoms with Crippen LogP contribution in [0.1, 0.15) is 58.1 Å². The average Bonchev–Trinajstić information content (AvgIpc) is 3.26. The minimum Gasteiger partial charge on any atom is -0.0760 e. The smallest absolute Gasteiger partial charge is 0.00622 e. The topological polar surface area (TPSA) is 0 Å². The first-order valence-corrected chi connectivity index (χ1v) is 19.2. The largest absolute Gasteiger partial charge is 0.0760 e. The summed E-state index contributed by atoms with van der Waals surface area (Å²) < 4.78 is 0. The molecule has 256 valence electrons. The second-order valence-corrected chi connectivity index (χ2v) is 14.7. The van der Waals surface area contributed by atoms with Gasteiger partial charge < -0.3 is 0 Å². The molecule has 0 N–H and O–H groups in total. The quantitative estimate of drug-likeness (QED) is 0.153. The van der Waals surface area contributed by atoms with Gasteiger partial charge in [0.15, 0.2) is 0 Å². The molecule has 0 heteroatoms. The predicted octanol–water partition coefficient (Wildman–Crippen LogP) is 14.5. The Bertz CT molecular complexity index is 2780. The molecule has 2 unspecified atom stereocenters. The molecule has 0 amide bonds. The lowest BCUT2D eigenvalue weighted by molar-refractivity contribution is 0.860. The Morgan fingerprint density at radius 1 is 0.407 bits per heavy atom. The molecule has 10 rings (SSSR count). The van der Waals surface area contributed by atoms with Gasteiger partial charge in [0, 0.05) is 11.8 Å². The van der Waals surface area contributed by atoms with E-state index >= 15 is 0 Å². The molecule has 0 spiro atoms. The van der Waals surface area contributed by atoms with E-state index in [2.05, 4.69) is 206 Å². The number of hydrogen-bond acceptors (Lipinski definition) is 0. The minimum atomic E-state index is 0.311. The average molecular weight is 689 g/mol. The summed E-state index contributed by atoms with van der Waals surface area (Å²) in [5, 5.41) is 7.70. The van der Waals surface area contributed by atoms with Crippen molar-refractivity contribution in [3.63, 3.8) is 0 Å². The van der Waals surface area contributed by atoms with Gasteiger partial charge in [-0.25, -0.2) is 0 Å². The van der Waals surface area contributed by atoms with Crippen molar-refractivity contribution in [2.75, 3.05) is 0 Å². The van der Waals surface area contributed by atoms with Gasteiger partial charge in [-0.3, -0.25) is 0 Å². The van der Waals surface area contributed by atoms with Gasteiger partial charge in [0.05, 0.1) is 0 Å². The van der Waals surface area contributed by atoms with E-state index in [0.29, 0.717) is 11.8 Å². The highest BCUT2D eigenvalue weighted by atomic mass is 14.3. The van der Waals surface area contributed by atoms with Crippen LogP contribution in [0, 0.1) is 0 Å². The van der Waals surface area contributed by atoms with Gasteiger partial charge in [0.2, 0.25) is 0 Å². The van der Waals surface area contributed by atoms with Crippen LogP contribution < -0.4 is 0 Å². The summed E-state index contributed by atoms with van der Waals surface area (Å²) in [6.07, 6.45) is 11.8. The lowest BCUT2D eigenvalue weighted by Crippen LogP contribution is -2.07. The van der Waals surface area contributed by atoms with Crippen molar-refractivity contribution in [2.45, 2.75) is 24.7 Å². The summed E-state index contributed by atoms with van der Waals surface area (Å²) in [6.45, 7) is 0. The van der Waals surface area contributed by atoms with E-state index in [-0.39, 0.29) is 0 Å². The molecular formula is C54H40. The molecule has 0 saturated carbocycles. The molecule has 2 atom stereocenters. The van der Waals surface area contributed by atoms with Crippen LogP contribution in [0.2, 0.25) is 0 Å². The molecule has 0 heterocycles. The Kier molecular flexibility index (Phi) is 8.23. The maximum absolute atomic E-state index is 2.53. The maximum Gasteiger partial charge on any atom is 0.00622 e. The fourth-order valence-corrected chi connectivity index (χ4v) is 8.98. The van der Waals surface area contributed by atoms with Gasteiger partial charge in [-0.15, -0.1) is 0 Å². The van der Waals surface area contributed by atoms with Gasteiger partial charge in [-0.1, -0.05) is 194 Å². The first-order chi connectivity index (χ1) is 26.8. The van der Waals surface area contributed by atoms with Crippen molar-refractivity contribution in [3.05, 3.63) is 240 Å². The van der Waals surface area contributed by atoms with E-state index in [1.807, 2.05) is 0 Å². The van der Waals surface area contributed by atoms with Crippen molar-refractivity contribution >= 4 is 54.6 Å². The van der Waals surface area contributed by atoms with Crippen molar-refractivity contribution in [3.8, 4) is 0 Å². The van der Waals surface area contributed by atoms with E-state index in [0.717, 1.165) is 12.8 Å². The Hall–Kier alpha value is -6.50. The van der Waals surface area contributed by atoms with Gasteiger partial charge in [0.1, 0.15) is 0 Å². The number of benzene rings is 8. The van der Waals surface area contributed by atoms with Gasteiger partial charge in [-0.2, -0.15) is 0 Å². The maximum atomic E-state index is 2.53. The third kappa shape index (κ3) is 5.72. The highest BCUT2D eigenvalue weighted by molar-refractivity contribution is 6.25. The Labute approximate surface area is 317 Å². The summed E-state index contributed by atoms with van der Waals surface area (Å²) in [7, 11) is 0. The van der Waals surface area contributed by atoms with E-state index < -0.39 is 0 Å². The van der Waals surface area contributed by atoms with Crippen LogP contribution in [0.4, 0.5) is 0 Å². The molecule has 0 radical (unpaired) electrons. The van der Waals surface area contributed by atoms with E-state index in [4.69, 9.17) is 0 Å². The lowest BCUT2D eigenvalue weighted by atomic mass is 9.75. The van der Waals surface area contributed by atoms with Crippen LogP contribution in [0.3, 0.4) is 0 Å². The molecular weight excluding hydrogens is 649 g/mol. The highest BCUT2D eigenvalue weighted by Crippen LogP contribution is 2.50. The molecule has 8 aromatic carbocycles. The standard InChI is InChI=1S/C54H40/c1-5-17-37(18-6-1)43-29-31-47(49(33-43)39-21-9-3-10-22-39)53-45-27-15-16-28-46(45)54(52-36-42-26-14-13-25-41(42)35-51(52)53)48-32-30-44(38-19-7-2-8-20-38)34-50(48)40-23-11-4-12-24-40/h1-29,31-32,34-36,43-44H,30,33H2. The normalized spacial score (nSPS) is 17.2. The second-order valence-electron chi connectivity index (χ2n) is 14.7. The zero-order chi connectivity index (χ0) is 35.8. The Balaban J connectivity index is 1.27. The lowest BCUT2D eigenvalue weighted by Gasteiger charge is -2.28. The molecule has 0 aliphatic heterocycles. The van der Waals surface area contributed by atoms with E-state index in [9.17, 15) is 0 Å². The summed E-state index contributed by atoms with van der Waals surface area (Å²) in [5.41, 5.74) is 13.2. The third-order valence-corrected chi connectivity index (χ3v) is 11.6. The van der Waals surface area contributed by atoms with Crippen LogP contribution in [0.25, 0.3) is 54.6 Å². The zero-order valence-corrected chi connectivity index (χ0v) is 30.2. The zero-order valence-electron chi connectivity index (χ0n) is 30.2. The SMILES string of the molecule is C1=CC(c2ccccc2)CC(c2ccccc2)=C1c1c2ccccc2c(C2=CCC(c3ccccc3)C=C2c2ccccc2)c2cc3ccccc3cc12. The molecule has 0 aromatic heterocycles. The van der Waals surface area contributed by atoms with Crippen LogP contribution in [-0.2, 0) is 0 Å². The molecule has 0 fully saturated rings. The van der Waals surface area contributed by atoms with Crippen molar-refractivity contribution in [1.82, 2.24) is 0 Å². The number of hydrogen-bond donors (Lipinski definition) is 0. The first kappa shape index (κ1) is 32.2. The van der Waals surface area contributed by atoms with Gasteiger partial charge >= 0.3 is 0 Å². The summed E-state index contributed by atoms with van der Waals surface area (Å²) in [4.78, 5) is 0.